The van der Waals surface area contributed by atoms with E-state index in [1.54, 1.807) is 11.1 Å². The lowest BCUT2D eigenvalue weighted by atomic mass is 9.71. The van der Waals surface area contributed by atoms with Gasteiger partial charge in [-0.15, -0.1) is 0 Å². The highest BCUT2D eigenvalue weighted by molar-refractivity contribution is 5.76. The minimum atomic E-state index is -0.455. The highest BCUT2D eigenvalue weighted by Crippen LogP contribution is 2.56. The third-order valence-corrected chi connectivity index (χ3v) is 33.6. The minimum Gasteiger partial charge on any atom is -0.201 e. The summed E-state index contributed by atoms with van der Waals surface area (Å²) in [5.74, 6) is 6.79. The first-order valence-corrected chi connectivity index (χ1v) is 51.9. The van der Waals surface area contributed by atoms with E-state index >= 15 is 0 Å². The first-order chi connectivity index (χ1) is 67.1. The molecule has 0 aliphatic heterocycles. The average molecular weight is 1810 g/mol. The van der Waals surface area contributed by atoms with Crippen molar-refractivity contribution in [2.75, 3.05) is 0 Å². The Morgan fingerprint density at radius 2 is 0.511 bits per heavy atom. The van der Waals surface area contributed by atoms with Gasteiger partial charge in [0.05, 0.1) is 0 Å². The maximum absolute atomic E-state index is 9.13. The highest BCUT2D eigenvalue weighted by atomic mass is 14.9. The van der Waals surface area contributed by atoms with Crippen LogP contribution in [-0.2, 0) is 35.2 Å². The summed E-state index contributed by atoms with van der Waals surface area (Å²) in [4.78, 5) is 0. The molecule has 9 atom stereocenters. The van der Waals surface area contributed by atoms with Gasteiger partial charge in [-0.05, 0) is 361 Å². The lowest BCUT2D eigenvalue weighted by molar-refractivity contribution is -0.660. The quantitative estimate of drug-likeness (QED) is 0.0912. The van der Waals surface area contributed by atoms with Crippen molar-refractivity contribution in [1.29, 1.82) is 0 Å². The Labute approximate surface area is 823 Å². The van der Waals surface area contributed by atoms with Gasteiger partial charge in [-0.25, -0.2) is 22.8 Å². The summed E-state index contributed by atoms with van der Waals surface area (Å²) in [5, 5.41) is 0. The number of hydrogen-bond donors (Lipinski definition) is 0. The van der Waals surface area contributed by atoms with Gasteiger partial charge in [-0.3, -0.25) is 0 Å². The van der Waals surface area contributed by atoms with Gasteiger partial charge >= 0.3 is 0 Å². The summed E-state index contributed by atoms with van der Waals surface area (Å²) < 4.78 is 29.2. The molecule has 15 aromatic rings. The maximum atomic E-state index is 9.13. The van der Waals surface area contributed by atoms with Crippen LogP contribution in [0.5, 0.6) is 0 Å². The second-order valence-electron chi connectivity index (χ2n) is 44.0. The molecule has 5 heterocycles. The molecule has 23 rings (SSSR count). The third-order valence-electron chi connectivity index (χ3n) is 33.6. The summed E-state index contributed by atoms with van der Waals surface area (Å²) in [6, 6.07) is 111. The summed E-state index contributed by atoms with van der Waals surface area (Å²) in [7, 11) is 10.6. The molecule has 10 aromatic carbocycles. The van der Waals surface area contributed by atoms with Gasteiger partial charge < -0.3 is 0 Å². The van der Waals surface area contributed by atoms with Crippen molar-refractivity contribution in [1.82, 2.24) is 0 Å². The van der Waals surface area contributed by atoms with E-state index in [1.807, 2.05) is 0 Å². The summed E-state index contributed by atoms with van der Waals surface area (Å²) >= 11 is 0. The smallest absolute Gasteiger partial charge is 0.201 e. The van der Waals surface area contributed by atoms with Crippen molar-refractivity contribution >= 4 is 0 Å². The number of rotatable bonds is 15. The highest BCUT2D eigenvalue weighted by Gasteiger charge is 2.43. The molecule has 8 saturated carbocycles. The lowest BCUT2D eigenvalue weighted by Gasteiger charge is -2.34. The van der Waals surface area contributed by atoms with E-state index in [9.17, 15) is 0 Å². The lowest BCUT2D eigenvalue weighted by Crippen LogP contribution is -2.30. The summed E-state index contributed by atoms with van der Waals surface area (Å²) in [6.07, 6.45) is 36.8. The van der Waals surface area contributed by atoms with Gasteiger partial charge in [0.15, 0.2) is 31.0 Å². The molecule has 8 aliphatic carbocycles. The molecule has 0 saturated heterocycles. The van der Waals surface area contributed by atoms with Crippen molar-refractivity contribution in [2.24, 2.45) is 81.6 Å². The van der Waals surface area contributed by atoms with Crippen molar-refractivity contribution in [3.63, 3.8) is 0 Å². The van der Waals surface area contributed by atoms with Gasteiger partial charge in [-0.1, -0.05) is 259 Å². The van der Waals surface area contributed by atoms with E-state index in [0.717, 1.165) is 79.1 Å². The molecule has 137 heavy (non-hydrogen) atoms. The number of fused-ring (bicyclic) bond motifs is 6. The molecule has 0 radical (unpaired) electrons. The van der Waals surface area contributed by atoms with Gasteiger partial charge in [-0.2, -0.15) is 0 Å². The van der Waals surface area contributed by atoms with Crippen LogP contribution < -0.4 is 22.8 Å². The molecular formula is C132H148N5+5. The van der Waals surface area contributed by atoms with Crippen LogP contribution in [0.15, 0.2) is 334 Å². The van der Waals surface area contributed by atoms with E-state index in [-0.39, 0.29) is 5.89 Å². The fraction of sp³-hybridized carbons (Fsp3) is 0.356. The largest absolute Gasteiger partial charge is 0.213 e. The number of hydrogen-bond acceptors (Lipinski definition) is 0. The van der Waals surface area contributed by atoms with E-state index in [0.29, 0.717) is 22.7 Å². The van der Waals surface area contributed by atoms with Gasteiger partial charge in [0, 0.05) is 91.2 Å². The molecule has 8 fully saturated rings. The zero-order valence-corrected chi connectivity index (χ0v) is 84.3. The Morgan fingerprint density at radius 3 is 0.810 bits per heavy atom. The van der Waals surface area contributed by atoms with E-state index < -0.39 is 5.89 Å². The van der Waals surface area contributed by atoms with E-state index in [4.69, 9.17) is 2.74 Å². The topological polar surface area (TPSA) is 19.4 Å². The molecule has 696 valence electrons. The Morgan fingerprint density at radius 1 is 0.234 bits per heavy atom. The van der Waals surface area contributed by atoms with Crippen LogP contribution in [-0.4, -0.2) is 0 Å². The maximum Gasteiger partial charge on any atom is 0.213 e. The molecule has 0 spiro atoms. The van der Waals surface area contributed by atoms with Crippen molar-refractivity contribution in [3.05, 3.63) is 390 Å². The SMILES string of the molecule is Cc1ccccc1-c1cc(-c2ccc(C3CC4CCC3C4)cc2)cc[n+]1C.Cc1ccccc1-c1cc(-c2ccc(C3CC4CCC3C4)cc2)cc[n+]1C.Cc1ccccc1-c1cc(-c2cccc(C3CCC(C)(C)CC3)c2)cc[n+]1C.[2H]C1(c2ccc(-c3cc[n+](C)c(-c4ccccc4C)c3)cc2)CC2CCC1C2.[2H]C1(c2cccc(-c3cc[n+](C)c(-c4ccccc4C)c3)c2)CCC(C)(C)CC1. The Bertz CT molecular complexity index is 6710. The number of aromatic nitrogens is 5. The third kappa shape index (κ3) is 21.5. The van der Waals surface area contributed by atoms with Gasteiger partial charge in [0.25, 0.3) is 0 Å². The fourth-order valence-electron chi connectivity index (χ4n) is 25.0. The van der Waals surface area contributed by atoms with Crippen LogP contribution in [0.4, 0.5) is 0 Å². The first kappa shape index (κ1) is 91.4. The molecule has 9 unspecified atom stereocenters. The first-order valence-electron chi connectivity index (χ1n) is 52.9. The minimum absolute atomic E-state index is 0.350. The number of pyridine rings is 5. The molecular weight excluding hydrogens is 1660 g/mol. The second kappa shape index (κ2) is 41.3. The Balaban J connectivity index is 0.000000111. The number of benzene rings is 10. The van der Waals surface area contributed by atoms with E-state index in [1.165, 1.54) is 247 Å². The molecule has 5 aromatic heterocycles. The number of nitrogens with zero attached hydrogens (tertiary/aromatic N) is 5. The molecule has 5 nitrogen and oxygen atoms in total. The summed E-state index contributed by atoms with van der Waals surface area (Å²) in [6.45, 7) is 20.4. The Hall–Kier alpha value is -12.1. The van der Waals surface area contributed by atoms with E-state index in [2.05, 4.69) is 455 Å². The average Bonchev–Trinajstić information content (AvgIpc) is 1.61. The molecule has 6 bridgehead atoms. The Kier molecular flexibility index (Phi) is 27.6. The monoisotopic (exact) mass is 1810 g/mol. The van der Waals surface area contributed by atoms with Crippen LogP contribution in [0.25, 0.3) is 112 Å². The number of aryl methyl sites for hydroxylation is 10. The zero-order valence-electron chi connectivity index (χ0n) is 86.3. The molecule has 8 aliphatic rings. The van der Waals surface area contributed by atoms with Crippen LogP contribution >= 0.6 is 0 Å². The van der Waals surface area contributed by atoms with Crippen LogP contribution in [0.1, 0.15) is 244 Å². The predicted molar refractivity (Wildman–Crippen MR) is 571 cm³/mol. The van der Waals surface area contributed by atoms with Gasteiger partial charge in [0.2, 0.25) is 28.5 Å². The van der Waals surface area contributed by atoms with Crippen molar-refractivity contribution in [2.45, 2.75) is 220 Å². The van der Waals surface area contributed by atoms with Crippen LogP contribution in [0.2, 0.25) is 0 Å². The molecule has 0 N–H and O–H groups in total. The van der Waals surface area contributed by atoms with Crippen molar-refractivity contribution < 1.29 is 25.6 Å². The van der Waals surface area contributed by atoms with Crippen LogP contribution in [0, 0.1) is 81.0 Å². The molecule has 5 heteroatoms. The summed E-state index contributed by atoms with van der Waals surface area (Å²) in [5.41, 5.74) is 39.8. The zero-order chi connectivity index (χ0) is 96.4. The van der Waals surface area contributed by atoms with Crippen LogP contribution in [0.3, 0.4) is 0 Å². The molecule has 0 amide bonds. The standard InChI is InChI=1S/2C27H32N.3C26H28N/c2*1-20-8-5-6-11-25(20)26-19-24(14-17-28(26)4)23-10-7-9-22(18-23)21-12-15-27(2,3)16-13-21;3*1-18-5-3-4-6-24(18)26-17-22(13-14-27(26)2)20-9-11-21(12-10-20)25-16-19-7-8-23(25)15-19/h2*5-11,14,17-19,21H,12-13,15-16H2,1-4H3;3*3-6,9-14,17,19,23,25H,7-8,15-16H2,1-2H3/q5*+1/i21D;;25D;;. The normalized spacial score (nSPS) is 21.9. The predicted octanol–water partition coefficient (Wildman–Crippen LogP) is 31.8. The fourth-order valence-corrected chi connectivity index (χ4v) is 25.0. The second-order valence-corrected chi connectivity index (χ2v) is 44.0. The van der Waals surface area contributed by atoms with Crippen molar-refractivity contribution in [3.8, 4) is 112 Å². The van der Waals surface area contributed by atoms with Gasteiger partial charge in [0.1, 0.15) is 35.2 Å².